The molecule has 9 heteroatoms. The van der Waals surface area contributed by atoms with Gasteiger partial charge in [0.2, 0.25) is 0 Å². The fraction of sp³-hybridized carbons (Fsp3) is 0.647. The predicted octanol–water partition coefficient (Wildman–Crippen LogP) is 5.03. The van der Waals surface area contributed by atoms with E-state index in [0.29, 0.717) is 29.8 Å². The van der Waals surface area contributed by atoms with Gasteiger partial charge in [0.25, 0.3) is 10.1 Å². The Morgan fingerprint density at radius 1 is 1.04 bits per heavy atom. The normalized spacial score (nSPS) is 12.4. The molecule has 1 aromatic rings. The van der Waals surface area contributed by atoms with Crippen molar-refractivity contribution in [3.63, 3.8) is 0 Å². The highest BCUT2D eigenvalue weighted by Gasteiger charge is 2.42. The molecular formula is C17H30ClO6PS. The van der Waals surface area contributed by atoms with Crippen LogP contribution < -0.4 is 0 Å². The second kappa shape index (κ2) is 11.4. The first-order chi connectivity index (χ1) is 11.9. The van der Waals surface area contributed by atoms with Crippen molar-refractivity contribution in [2.24, 2.45) is 0 Å². The van der Waals surface area contributed by atoms with Gasteiger partial charge in [0.15, 0.2) is 0 Å². The van der Waals surface area contributed by atoms with Crippen LogP contribution in [0.15, 0.2) is 24.3 Å². The van der Waals surface area contributed by atoms with Gasteiger partial charge in [-0.3, -0.25) is 9.12 Å². The second-order valence-electron chi connectivity index (χ2n) is 6.29. The maximum absolute atomic E-state index is 11.4. The summed E-state index contributed by atoms with van der Waals surface area (Å²) in [6.45, 7) is 5.83. The Morgan fingerprint density at radius 3 is 1.88 bits per heavy atom. The van der Waals surface area contributed by atoms with Crippen LogP contribution in [0.2, 0.25) is 5.02 Å². The molecule has 0 aromatic heterocycles. The lowest BCUT2D eigenvalue weighted by atomic mass is 9.95. The molecule has 6 nitrogen and oxygen atoms in total. The molecule has 0 spiro atoms. The third-order valence-electron chi connectivity index (χ3n) is 4.44. The molecule has 0 radical (unpaired) electrons. The van der Waals surface area contributed by atoms with Crippen molar-refractivity contribution in [3.05, 3.63) is 34.9 Å². The summed E-state index contributed by atoms with van der Waals surface area (Å²) < 4.78 is 40.7. The van der Waals surface area contributed by atoms with Gasteiger partial charge < -0.3 is 9.79 Å². The molecule has 26 heavy (non-hydrogen) atoms. The van der Waals surface area contributed by atoms with E-state index >= 15 is 0 Å². The van der Waals surface area contributed by atoms with Gasteiger partial charge in [-0.1, -0.05) is 63.8 Å². The first-order valence-corrected chi connectivity index (χ1v) is 12.3. The summed E-state index contributed by atoms with van der Waals surface area (Å²) in [5, 5.41) is -0.226. The molecule has 0 saturated heterocycles. The SMILES string of the molecule is CCCCCC(CC)(CC)P(=O)(O)O.O=S(=O)(O)Cc1ccc(Cl)cc1. The number of unbranched alkanes of at least 4 members (excludes halogenated alkanes) is 2. The van der Waals surface area contributed by atoms with Crippen LogP contribution in [0.25, 0.3) is 0 Å². The Balaban J connectivity index is 0.000000485. The molecule has 0 aliphatic carbocycles. The zero-order chi connectivity index (χ0) is 20.4. The number of hydrogen-bond donors (Lipinski definition) is 3. The van der Waals surface area contributed by atoms with E-state index < -0.39 is 22.9 Å². The topological polar surface area (TPSA) is 112 Å². The largest absolute Gasteiger partial charge is 0.331 e. The van der Waals surface area contributed by atoms with E-state index in [9.17, 15) is 22.8 Å². The average molecular weight is 429 g/mol. The zero-order valence-electron chi connectivity index (χ0n) is 15.6. The molecular weight excluding hydrogens is 399 g/mol. The van der Waals surface area contributed by atoms with Crippen LogP contribution in [0.3, 0.4) is 0 Å². The lowest BCUT2D eigenvalue weighted by Gasteiger charge is -2.32. The molecule has 3 N–H and O–H groups in total. The van der Waals surface area contributed by atoms with Gasteiger partial charge in [0.05, 0.1) is 5.16 Å². The highest BCUT2D eigenvalue weighted by Crippen LogP contribution is 2.57. The smallest absolute Gasteiger partial charge is 0.324 e. The van der Waals surface area contributed by atoms with Gasteiger partial charge in [0.1, 0.15) is 5.75 Å². The van der Waals surface area contributed by atoms with Gasteiger partial charge in [-0.25, -0.2) is 0 Å². The minimum absolute atomic E-state index is 0.371. The third kappa shape index (κ3) is 9.49. The first kappa shape index (κ1) is 25.6. The van der Waals surface area contributed by atoms with Crippen molar-refractivity contribution in [2.75, 3.05) is 0 Å². The minimum Gasteiger partial charge on any atom is -0.324 e. The first-order valence-electron chi connectivity index (χ1n) is 8.66. The molecule has 0 atom stereocenters. The summed E-state index contributed by atoms with van der Waals surface area (Å²) in [6, 6.07) is 6.25. The molecule has 152 valence electrons. The van der Waals surface area contributed by atoms with Crippen LogP contribution in [0.5, 0.6) is 0 Å². The maximum atomic E-state index is 11.4. The van der Waals surface area contributed by atoms with Gasteiger partial charge in [0, 0.05) is 5.02 Å². The van der Waals surface area contributed by atoms with Crippen LogP contribution >= 0.6 is 19.2 Å². The number of halogens is 1. The van der Waals surface area contributed by atoms with Crippen LogP contribution in [-0.2, 0) is 20.4 Å². The molecule has 0 bridgehead atoms. The predicted molar refractivity (Wildman–Crippen MR) is 106 cm³/mol. The number of benzene rings is 1. The molecule has 0 aliphatic heterocycles. The van der Waals surface area contributed by atoms with E-state index in [2.05, 4.69) is 6.92 Å². The highest BCUT2D eigenvalue weighted by molar-refractivity contribution is 7.85. The second-order valence-corrected chi connectivity index (χ2v) is 10.2. The van der Waals surface area contributed by atoms with Crippen LogP contribution in [0.4, 0.5) is 0 Å². The Bertz CT molecular complexity index is 665. The van der Waals surface area contributed by atoms with E-state index in [0.717, 1.165) is 19.3 Å². The molecule has 0 aliphatic rings. The molecule has 1 aromatic carbocycles. The molecule has 0 saturated carbocycles. The van der Waals surface area contributed by atoms with E-state index in [4.69, 9.17) is 16.2 Å². The Hall–Kier alpha value is -0.430. The molecule has 0 unspecified atom stereocenters. The van der Waals surface area contributed by atoms with Gasteiger partial charge >= 0.3 is 7.60 Å². The van der Waals surface area contributed by atoms with E-state index in [1.54, 1.807) is 24.3 Å². The molecule has 0 amide bonds. The summed E-state index contributed by atoms with van der Waals surface area (Å²) in [4.78, 5) is 18.7. The highest BCUT2D eigenvalue weighted by atomic mass is 35.5. The summed E-state index contributed by atoms with van der Waals surface area (Å²) in [5.41, 5.74) is 0.516. The van der Waals surface area contributed by atoms with Crippen molar-refractivity contribution in [3.8, 4) is 0 Å². The summed E-state index contributed by atoms with van der Waals surface area (Å²) in [6.07, 6.45) is 4.85. The fourth-order valence-electron chi connectivity index (χ4n) is 2.66. The van der Waals surface area contributed by atoms with Gasteiger partial charge in [-0.2, -0.15) is 8.42 Å². The average Bonchev–Trinajstić information content (AvgIpc) is 2.52. The zero-order valence-corrected chi connectivity index (χ0v) is 18.0. The van der Waals surface area contributed by atoms with E-state index in [1.165, 1.54) is 0 Å². The molecule has 1 rings (SSSR count). The molecule has 0 fully saturated rings. The summed E-state index contributed by atoms with van der Waals surface area (Å²) in [5.74, 6) is -0.371. The van der Waals surface area contributed by atoms with E-state index in [-0.39, 0.29) is 5.75 Å². The third-order valence-corrected chi connectivity index (χ3v) is 7.48. The van der Waals surface area contributed by atoms with Gasteiger partial charge in [-0.15, -0.1) is 0 Å². The van der Waals surface area contributed by atoms with Crippen molar-refractivity contribution < 1.29 is 27.3 Å². The number of rotatable bonds is 9. The van der Waals surface area contributed by atoms with Crippen LogP contribution in [0.1, 0.15) is 64.9 Å². The van der Waals surface area contributed by atoms with E-state index in [1.807, 2.05) is 13.8 Å². The summed E-state index contributed by atoms with van der Waals surface area (Å²) >= 11 is 5.57. The fourth-order valence-corrected chi connectivity index (χ4v) is 4.67. The minimum atomic E-state index is -3.95. The monoisotopic (exact) mass is 428 g/mol. The summed E-state index contributed by atoms with van der Waals surface area (Å²) in [7, 11) is -7.88. The van der Waals surface area contributed by atoms with Gasteiger partial charge in [-0.05, 0) is 37.0 Å². The Morgan fingerprint density at radius 2 is 1.54 bits per heavy atom. The van der Waals surface area contributed by atoms with Crippen molar-refractivity contribution >= 4 is 29.3 Å². The standard InChI is InChI=1S/C10H23O3P.C7H7ClO3S/c1-4-7-8-9-10(5-2,6-3)14(11,12)13;8-7-3-1-6(2-4-7)5-12(9,10)11/h4-9H2,1-3H3,(H2,11,12,13);1-4H,5H2,(H,9,10,11). The van der Waals surface area contributed by atoms with Crippen molar-refractivity contribution in [1.82, 2.24) is 0 Å². The lowest BCUT2D eigenvalue weighted by molar-refractivity contribution is 0.300. The molecule has 0 heterocycles. The van der Waals surface area contributed by atoms with Crippen LogP contribution in [0, 0.1) is 0 Å². The van der Waals surface area contributed by atoms with Crippen molar-refractivity contribution in [1.29, 1.82) is 0 Å². The number of hydrogen-bond acceptors (Lipinski definition) is 3. The van der Waals surface area contributed by atoms with Crippen LogP contribution in [-0.4, -0.2) is 27.9 Å². The maximum Gasteiger partial charge on any atom is 0.331 e. The Labute approximate surface area is 161 Å². The lowest BCUT2D eigenvalue weighted by Crippen LogP contribution is -2.27. The quantitative estimate of drug-likeness (QED) is 0.289. The Kier molecular flexibility index (Phi) is 11.2. The van der Waals surface area contributed by atoms with Crippen molar-refractivity contribution in [2.45, 2.75) is 70.2 Å².